The lowest BCUT2D eigenvalue weighted by Crippen LogP contribution is -2.37. The summed E-state index contributed by atoms with van der Waals surface area (Å²) in [5.41, 5.74) is 3.59. The molecule has 39 heavy (non-hydrogen) atoms. The molecule has 0 unspecified atom stereocenters. The first kappa shape index (κ1) is 25.2. The number of Topliss-reactive ketones (excluding diaryl/α,β-unsaturated/α-hetero) is 2. The standard InChI is InChI=1S/C30H31N5O4/c1-29(2)12-20(36)26-23(14-29)39-24-15-30(3,4)13-21(37)27(24)25(26)17-11-16(9-10-22(17)38-5)18-7-6-8-19(31-18)28-32-34-35-33-28/h6-11,25H,12-15H2,1-5H3,(H,32,33,34,35). The molecule has 9 heteroatoms. The summed E-state index contributed by atoms with van der Waals surface area (Å²) in [5, 5.41) is 14.0. The molecule has 0 saturated carbocycles. The first-order valence-electron chi connectivity index (χ1n) is 13.1. The number of carbonyl (C=O) groups excluding carboxylic acids is 2. The molecule has 0 radical (unpaired) electrons. The molecular formula is C30H31N5O4. The number of hydrogen-bond donors (Lipinski definition) is 1. The summed E-state index contributed by atoms with van der Waals surface area (Å²) in [6.07, 6.45) is 2.05. The van der Waals surface area contributed by atoms with Crippen molar-refractivity contribution in [1.29, 1.82) is 0 Å². The number of H-pyrrole nitrogens is 1. The predicted octanol–water partition coefficient (Wildman–Crippen LogP) is 5.34. The molecule has 2 aliphatic carbocycles. The Hall–Kier alpha value is -4.14. The number of ether oxygens (including phenoxy) is 2. The van der Waals surface area contributed by atoms with Crippen LogP contribution in [0, 0.1) is 10.8 Å². The Morgan fingerprint density at radius 1 is 0.897 bits per heavy atom. The molecule has 1 aromatic carbocycles. The lowest BCUT2D eigenvalue weighted by molar-refractivity contribution is -0.120. The normalized spacial score (nSPS) is 20.4. The number of carbonyl (C=O) groups is 2. The fraction of sp³-hybridized carbons (Fsp3) is 0.400. The van der Waals surface area contributed by atoms with E-state index in [2.05, 4.69) is 48.3 Å². The highest BCUT2D eigenvalue weighted by molar-refractivity contribution is 6.06. The van der Waals surface area contributed by atoms with E-state index >= 15 is 0 Å². The van der Waals surface area contributed by atoms with E-state index in [1.807, 2.05) is 36.4 Å². The van der Waals surface area contributed by atoms with Crippen molar-refractivity contribution in [2.75, 3.05) is 7.11 Å². The first-order chi connectivity index (χ1) is 18.5. The van der Waals surface area contributed by atoms with Gasteiger partial charge in [0.2, 0.25) is 0 Å². The molecule has 6 rings (SSSR count). The van der Waals surface area contributed by atoms with Crippen molar-refractivity contribution in [2.24, 2.45) is 10.8 Å². The van der Waals surface area contributed by atoms with Crippen LogP contribution in [0.3, 0.4) is 0 Å². The van der Waals surface area contributed by atoms with E-state index in [1.54, 1.807) is 7.11 Å². The van der Waals surface area contributed by atoms with Crippen LogP contribution in [0.2, 0.25) is 0 Å². The number of ketones is 2. The molecule has 0 fully saturated rings. The van der Waals surface area contributed by atoms with Crippen LogP contribution in [0.5, 0.6) is 5.75 Å². The van der Waals surface area contributed by atoms with Gasteiger partial charge in [0, 0.05) is 48.0 Å². The van der Waals surface area contributed by atoms with Gasteiger partial charge < -0.3 is 9.47 Å². The predicted molar refractivity (Wildman–Crippen MR) is 143 cm³/mol. The number of rotatable bonds is 4. The Balaban J connectivity index is 1.54. The van der Waals surface area contributed by atoms with Crippen molar-refractivity contribution in [3.8, 4) is 28.5 Å². The summed E-state index contributed by atoms with van der Waals surface area (Å²) >= 11 is 0. The van der Waals surface area contributed by atoms with Crippen LogP contribution < -0.4 is 4.74 Å². The minimum absolute atomic E-state index is 0.0147. The molecule has 0 spiro atoms. The van der Waals surface area contributed by atoms with E-state index in [4.69, 9.17) is 14.5 Å². The fourth-order valence-electron chi connectivity index (χ4n) is 6.10. The molecule has 0 amide bonds. The van der Waals surface area contributed by atoms with Crippen molar-refractivity contribution in [3.05, 3.63) is 64.6 Å². The summed E-state index contributed by atoms with van der Waals surface area (Å²) in [6, 6.07) is 11.4. The van der Waals surface area contributed by atoms with Gasteiger partial charge in [0.1, 0.15) is 23.0 Å². The number of hydrogen-bond acceptors (Lipinski definition) is 8. The largest absolute Gasteiger partial charge is 0.496 e. The summed E-state index contributed by atoms with van der Waals surface area (Å²) in [4.78, 5) is 32.2. The molecule has 3 heterocycles. The van der Waals surface area contributed by atoms with Gasteiger partial charge in [0.15, 0.2) is 17.4 Å². The minimum Gasteiger partial charge on any atom is -0.496 e. The number of nitrogens with zero attached hydrogens (tertiary/aromatic N) is 4. The van der Waals surface area contributed by atoms with E-state index in [-0.39, 0.29) is 22.4 Å². The van der Waals surface area contributed by atoms with Crippen molar-refractivity contribution >= 4 is 11.6 Å². The lowest BCUT2D eigenvalue weighted by atomic mass is 9.65. The first-order valence-corrected chi connectivity index (χ1v) is 13.1. The number of benzene rings is 1. The maximum atomic E-state index is 13.7. The number of aromatic amines is 1. The summed E-state index contributed by atoms with van der Waals surface area (Å²) in [7, 11) is 1.61. The third-order valence-electron chi connectivity index (χ3n) is 7.76. The van der Waals surface area contributed by atoms with Crippen molar-refractivity contribution in [1.82, 2.24) is 25.6 Å². The van der Waals surface area contributed by atoms with E-state index in [1.165, 1.54) is 0 Å². The zero-order chi connectivity index (χ0) is 27.5. The Kier molecular flexibility index (Phi) is 5.78. The SMILES string of the molecule is COc1ccc(-c2cccc(-c3nnn[nH]3)n2)cc1C1C2=C(CC(C)(C)CC2=O)OC2=C1C(=O)CC(C)(C)C2. The van der Waals surface area contributed by atoms with E-state index in [0.717, 1.165) is 11.1 Å². The van der Waals surface area contributed by atoms with Gasteiger partial charge in [0.25, 0.3) is 0 Å². The highest BCUT2D eigenvalue weighted by Crippen LogP contribution is 2.54. The second-order valence-corrected chi connectivity index (χ2v) is 12.2. The Labute approximate surface area is 226 Å². The Morgan fingerprint density at radius 3 is 2.13 bits per heavy atom. The zero-order valence-corrected chi connectivity index (χ0v) is 22.8. The second kappa shape index (κ2) is 8.97. The van der Waals surface area contributed by atoms with Gasteiger partial charge in [-0.1, -0.05) is 33.8 Å². The van der Waals surface area contributed by atoms with Crippen LogP contribution in [0.1, 0.15) is 64.9 Å². The maximum absolute atomic E-state index is 13.7. The van der Waals surface area contributed by atoms with Gasteiger partial charge in [0.05, 0.1) is 18.7 Å². The third kappa shape index (κ3) is 4.45. The number of pyridine rings is 1. The molecule has 0 saturated heterocycles. The maximum Gasteiger partial charge on any atom is 0.198 e. The molecule has 3 aromatic rings. The van der Waals surface area contributed by atoms with Crippen molar-refractivity contribution in [3.63, 3.8) is 0 Å². The minimum atomic E-state index is -0.562. The van der Waals surface area contributed by atoms with Gasteiger partial charge in [-0.05, 0) is 51.6 Å². The second-order valence-electron chi connectivity index (χ2n) is 12.2. The van der Waals surface area contributed by atoms with Gasteiger partial charge in [-0.2, -0.15) is 0 Å². The number of methoxy groups -OCH3 is 1. The molecule has 1 aliphatic heterocycles. The lowest BCUT2D eigenvalue weighted by Gasteiger charge is -2.43. The van der Waals surface area contributed by atoms with E-state index in [9.17, 15) is 9.59 Å². The van der Waals surface area contributed by atoms with Crippen molar-refractivity contribution < 1.29 is 19.1 Å². The van der Waals surface area contributed by atoms with Crippen LogP contribution in [0.25, 0.3) is 22.8 Å². The van der Waals surface area contributed by atoms with Crippen LogP contribution in [-0.4, -0.2) is 44.3 Å². The number of tetrazole rings is 1. The summed E-state index contributed by atoms with van der Waals surface area (Å²) < 4.78 is 12.3. The van der Waals surface area contributed by atoms with Crippen LogP contribution in [-0.2, 0) is 14.3 Å². The van der Waals surface area contributed by atoms with Gasteiger partial charge >= 0.3 is 0 Å². The van der Waals surface area contributed by atoms with Crippen LogP contribution in [0.4, 0.5) is 0 Å². The van der Waals surface area contributed by atoms with Gasteiger partial charge in [-0.25, -0.2) is 10.1 Å². The Bertz CT molecular complexity index is 1510. The van der Waals surface area contributed by atoms with Crippen LogP contribution >= 0.6 is 0 Å². The molecule has 0 atom stereocenters. The molecular weight excluding hydrogens is 494 g/mol. The average Bonchev–Trinajstić information content (AvgIpc) is 3.41. The van der Waals surface area contributed by atoms with Gasteiger partial charge in [-0.15, -0.1) is 5.10 Å². The number of allylic oxidation sites excluding steroid dienone is 4. The highest BCUT2D eigenvalue weighted by Gasteiger charge is 2.48. The van der Waals surface area contributed by atoms with Crippen LogP contribution in [0.15, 0.2) is 59.1 Å². The molecule has 3 aliphatic rings. The van der Waals surface area contributed by atoms with E-state index in [0.29, 0.717) is 71.3 Å². The molecule has 2 aromatic heterocycles. The quantitative estimate of drug-likeness (QED) is 0.485. The number of nitrogens with one attached hydrogen (secondary N) is 1. The molecule has 200 valence electrons. The zero-order valence-electron chi connectivity index (χ0n) is 22.8. The van der Waals surface area contributed by atoms with E-state index < -0.39 is 5.92 Å². The average molecular weight is 526 g/mol. The molecule has 9 nitrogen and oxygen atoms in total. The summed E-state index contributed by atoms with van der Waals surface area (Å²) in [5.74, 6) is 1.89. The molecule has 0 bridgehead atoms. The Morgan fingerprint density at radius 2 is 1.54 bits per heavy atom. The smallest absolute Gasteiger partial charge is 0.198 e. The monoisotopic (exact) mass is 525 g/mol. The highest BCUT2D eigenvalue weighted by atomic mass is 16.5. The fourth-order valence-corrected chi connectivity index (χ4v) is 6.10. The topological polar surface area (TPSA) is 120 Å². The van der Waals surface area contributed by atoms with Gasteiger partial charge in [-0.3, -0.25) is 9.59 Å². The van der Waals surface area contributed by atoms with Crippen molar-refractivity contribution in [2.45, 2.75) is 59.3 Å². The third-order valence-corrected chi connectivity index (χ3v) is 7.76. The summed E-state index contributed by atoms with van der Waals surface area (Å²) in [6.45, 7) is 8.32. The molecule has 1 N–H and O–H groups in total. The number of aromatic nitrogens is 5.